The third-order valence-corrected chi connectivity index (χ3v) is 0. The van der Waals surface area contributed by atoms with Gasteiger partial charge in [-0.25, -0.2) is 0 Å². The van der Waals surface area contributed by atoms with Crippen molar-refractivity contribution < 1.29 is 38.1 Å². The maximum absolute atomic E-state index is 5.03. The van der Waals surface area contributed by atoms with Gasteiger partial charge in [-0.3, -0.25) is 0 Å². The molecule has 46 valence electrons. The molecule has 0 aromatic carbocycles. The zero-order chi connectivity index (χ0) is 7.15. The predicted molar refractivity (Wildman–Crippen MR) is 35.1 cm³/mol. The van der Waals surface area contributed by atoms with Crippen LogP contribution in [0.1, 0.15) is 0 Å². The van der Waals surface area contributed by atoms with Gasteiger partial charge in [0.1, 0.15) is 0 Å². The minimum atomic E-state index is -2.31. The average molecular weight is 438 g/mol. The van der Waals surface area contributed by atoms with E-state index in [4.69, 9.17) is 49.9 Å². The summed E-state index contributed by atoms with van der Waals surface area (Å²) in [6, 6.07) is 0. The first-order valence-electron chi connectivity index (χ1n) is 1.60. The Labute approximate surface area is 85.8 Å². The number of hydrogen-bond acceptors (Lipinski definition) is 0. The molecule has 0 spiro atoms. The average Bonchev–Trinajstić information content (AvgIpc) is 1.25. The Balaban J connectivity index is 0. The van der Waals surface area contributed by atoms with Crippen LogP contribution in [0.15, 0.2) is 0 Å². The zero-order valence-electron chi connectivity index (χ0n) is 3.68. The van der Waals surface area contributed by atoms with Gasteiger partial charge in [-0.15, -0.1) is 0 Å². The summed E-state index contributed by atoms with van der Waals surface area (Å²) in [4.78, 5) is 0. The molecule has 0 rings (SSSR count). The van der Waals surface area contributed by atoms with Gasteiger partial charge < -0.3 is 0 Å². The molecular formula is Cd2Cl6. The minimum absolute atomic E-state index is 2.31. The number of hydrogen-bond donors (Lipinski definition) is 0. The first-order valence-corrected chi connectivity index (χ1v) is 32.3. The van der Waals surface area contributed by atoms with E-state index in [1.165, 1.54) is 0 Å². The SMILES string of the molecule is [Cl][Cd]([Cl])[Cl].[Cl][Cd]([Cl])[Cl]. The van der Waals surface area contributed by atoms with E-state index in [1.54, 1.807) is 0 Å². The van der Waals surface area contributed by atoms with Gasteiger partial charge >= 0.3 is 88.0 Å². The second-order valence-corrected chi connectivity index (χ2v) is 36.6. The molecule has 8 heteroatoms. The number of rotatable bonds is 0. The molecule has 0 saturated carbocycles. The van der Waals surface area contributed by atoms with Crippen molar-refractivity contribution in [2.75, 3.05) is 0 Å². The summed E-state index contributed by atoms with van der Waals surface area (Å²) in [6.07, 6.45) is 0. The topological polar surface area (TPSA) is 0 Å². The Morgan fingerprint density at radius 1 is 0.500 bits per heavy atom. The second-order valence-electron chi connectivity index (χ2n) is 0.606. The van der Waals surface area contributed by atoms with Crippen LogP contribution in [0.2, 0.25) is 0 Å². The maximum atomic E-state index is 5.03. The van der Waals surface area contributed by atoms with Crippen LogP contribution in [-0.2, 0) is 38.1 Å². The van der Waals surface area contributed by atoms with E-state index in [-0.39, 0.29) is 0 Å². The number of halogens is 6. The molecule has 0 amide bonds. The molecule has 0 aliphatic carbocycles. The van der Waals surface area contributed by atoms with Crippen molar-refractivity contribution in [3.05, 3.63) is 0 Å². The van der Waals surface area contributed by atoms with Gasteiger partial charge in [0.25, 0.3) is 0 Å². The third-order valence-electron chi connectivity index (χ3n) is 0. The van der Waals surface area contributed by atoms with Gasteiger partial charge in [-0.05, 0) is 0 Å². The molecule has 8 heavy (non-hydrogen) atoms. The van der Waals surface area contributed by atoms with Crippen LogP contribution in [0.4, 0.5) is 0 Å². The fourth-order valence-corrected chi connectivity index (χ4v) is 0. The van der Waals surface area contributed by atoms with Crippen molar-refractivity contribution >= 4 is 49.9 Å². The van der Waals surface area contributed by atoms with Crippen LogP contribution in [0, 0.1) is 0 Å². The molecule has 0 saturated heterocycles. The van der Waals surface area contributed by atoms with Crippen LogP contribution >= 0.6 is 49.9 Å². The van der Waals surface area contributed by atoms with Crippen molar-refractivity contribution in [1.82, 2.24) is 0 Å². The second kappa shape index (κ2) is 10.6. The van der Waals surface area contributed by atoms with E-state index in [0.717, 1.165) is 0 Å². The van der Waals surface area contributed by atoms with Crippen LogP contribution in [-0.4, -0.2) is 0 Å². The first-order chi connectivity index (χ1) is 3.46. The molecule has 0 radical (unpaired) electrons. The van der Waals surface area contributed by atoms with E-state index >= 15 is 0 Å². The van der Waals surface area contributed by atoms with Gasteiger partial charge in [0.2, 0.25) is 0 Å². The van der Waals surface area contributed by atoms with Gasteiger partial charge in [0, 0.05) is 0 Å². The Kier molecular flexibility index (Phi) is 18.7. The summed E-state index contributed by atoms with van der Waals surface area (Å²) in [7, 11) is 30.2. The van der Waals surface area contributed by atoms with Crippen molar-refractivity contribution in [2.24, 2.45) is 0 Å². The standard InChI is InChI=1S/2Cd.6ClH/h;;6*1H/q2*+3;;;;;;/p-6. The van der Waals surface area contributed by atoms with E-state index in [9.17, 15) is 0 Å². The fraction of sp³-hybridized carbons (Fsp3) is 0. The molecule has 0 bridgehead atoms. The Hall–Kier alpha value is 3.58. The van der Waals surface area contributed by atoms with E-state index in [0.29, 0.717) is 0 Å². The molecule has 0 aliphatic rings. The Bertz CT molecular complexity index is 22.0. The summed E-state index contributed by atoms with van der Waals surface area (Å²) in [5.41, 5.74) is 0. The summed E-state index contributed by atoms with van der Waals surface area (Å²) in [5, 5.41) is 0. The van der Waals surface area contributed by atoms with Crippen molar-refractivity contribution in [1.29, 1.82) is 0 Å². The van der Waals surface area contributed by atoms with Crippen LogP contribution in [0.5, 0.6) is 0 Å². The summed E-state index contributed by atoms with van der Waals surface area (Å²) >= 11 is -4.63. The van der Waals surface area contributed by atoms with Gasteiger partial charge in [-0.1, -0.05) is 0 Å². The van der Waals surface area contributed by atoms with Crippen LogP contribution in [0.25, 0.3) is 0 Å². The molecule has 0 aromatic heterocycles. The molecule has 0 aromatic rings. The Morgan fingerprint density at radius 3 is 0.500 bits per heavy atom. The predicted octanol–water partition coefficient (Wildman–Crippen LogP) is 4.13. The molecule has 0 aliphatic heterocycles. The quantitative estimate of drug-likeness (QED) is 0.500. The monoisotopic (exact) mass is 438 g/mol. The summed E-state index contributed by atoms with van der Waals surface area (Å²) < 4.78 is 0. The van der Waals surface area contributed by atoms with Gasteiger partial charge in [-0.2, -0.15) is 0 Å². The first kappa shape index (κ1) is 14.1. The van der Waals surface area contributed by atoms with Crippen molar-refractivity contribution in [2.45, 2.75) is 0 Å². The van der Waals surface area contributed by atoms with E-state index in [2.05, 4.69) is 0 Å². The third kappa shape index (κ3) is 55.0. The van der Waals surface area contributed by atoms with E-state index < -0.39 is 38.1 Å². The molecule has 0 N–H and O–H groups in total. The zero-order valence-corrected chi connectivity index (χ0v) is 16.3. The van der Waals surface area contributed by atoms with Crippen LogP contribution in [0.3, 0.4) is 0 Å². The normalized spacial score (nSPS) is 6.75. The summed E-state index contributed by atoms with van der Waals surface area (Å²) in [5.74, 6) is 0. The fourth-order valence-electron chi connectivity index (χ4n) is 0. The molecule has 0 fully saturated rings. The molecular weight excluding hydrogens is 438 g/mol. The molecule has 0 unspecified atom stereocenters. The van der Waals surface area contributed by atoms with E-state index in [1.807, 2.05) is 0 Å². The molecule has 0 atom stereocenters. The van der Waals surface area contributed by atoms with Crippen molar-refractivity contribution in [3.63, 3.8) is 0 Å². The van der Waals surface area contributed by atoms with Gasteiger partial charge in [0.15, 0.2) is 0 Å². The molecule has 0 nitrogen and oxygen atoms in total. The van der Waals surface area contributed by atoms with Crippen LogP contribution < -0.4 is 0 Å². The van der Waals surface area contributed by atoms with Gasteiger partial charge in [0.05, 0.1) is 0 Å². The van der Waals surface area contributed by atoms with Crippen molar-refractivity contribution in [3.8, 4) is 0 Å². The summed E-state index contributed by atoms with van der Waals surface area (Å²) in [6.45, 7) is 0. The Morgan fingerprint density at radius 2 is 0.500 bits per heavy atom. The molecule has 0 heterocycles.